The van der Waals surface area contributed by atoms with E-state index in [1.165, 1.54) is 6.92 Å². The van der Waals surface area contributed by atoms with Crippen molar-refractivity contribution < 1.29 is 4.79 Å². The first-order chi connectivity index (χ1) is 10.1. The van der Waals surface area contributed by atoms with Gasteiger partial charge in [0.15, 0.2) is 4.34 Å². The fourth-order valence-electron chi connectivity index (χ4n) is 1.87. The number of hydrogen-bond donors (Lipinski definition) is 2. The van der Waals surface area contributed by atoms with E-state index >= 15 is 0 Å². The molecule has 0 bridgehead atoms. The first-order valence-electron chi connectivity index (χ1n) is 6.32. The number of nitrogens with two attached hydrogens (primary N) is 1. The van der Waals surface area contributed by atoms with Crippen LogP contribution in [0.15, 0.2) is 51.7 Å². The highest BCUT2D eigenvalue weighted by Crippen LogP contribution is 2.35. The number of nitrogens with one attached hydrogen (secondary N) is 1. The number of hydrogen-bond acceptors (Lipinski definition) is 5. The molecule has 0 fully saturated rings. The van der Waals surface area contributed by atoms with Gasteiger partial charge in [-0.05, 0) is 42.5 Å². The summed E-state index contributed by atoms with van der Waals surface area (Å²) in [5.41, 5.74) is 8.29. The Hall–Kier alpha value is -2.05. The highest BCUT2D eigenvalue weighted by Gasteiger charge is 2.06. The Morgan fingerprint density at radius 3 is 2.71 bits per heavy atom. The van der Waals surface area contributed by atoms with Crippen molar-refractivity contribution in [1.29, 1.82) is 0 Å². The van der Waals surface area contributed by atoms with Crippen molar-refractivity contribution in [2.24, 2.45) is 0 Å². The predicted octanol–water partition coefficient (Wildman–Crippen LogP) is 3.99. The maximum atomic E-state index is 11.0. The molecule has 1 heterocycles. The van der Waals surface area contributed by atoms with Gasteiger partial charge in [0.1, 0.15) is 0 Å². The Morgan fingerprint density at radius 1 is 1.24 bits per heavy atom. The van der Waals surface area contributed by atoms with Crippen molar-refractivity contribution in [2.45, 2.75) is 16.2 Å². The van der Waals surface area contributed by atoms with E-state index in [0.29, 0.717) is 0 Å². The summed E-state index contributed by atoms with van der Waals surface area (Å²) < 4.78 is 2.07. The number of amides is 1. The standard InChI is InChI=1S/C15H13N3OS2/c1-9(19)17-11-3-5-12(6-4-11)20-15-18-13-7-2-10(16)8-14(13)21-15/h2-8H,16H2,1H3,(H,17,19). The molecule has 4 nitrogen and oxygen atoms in total. The van der Waals surface area contributed by atoms with E-state index in [1.54, 1.807) is 23.1 Å². The molecular weight excluding hydrogens is 302 g/mol. The first-order valence-corrected chi connectivity index (χ1v) is 7.95. The quantitative estimate of drug-likeness (QED) is 0.717. The van der Waals surface area contributed by atoms with Gasteiger partial charge in [0.05, 0.1) is 10.2 Å². The maximum absolute atomic E-state index is 11.0. The molecule has 3 N–H and O–H groups in total. The lowest BCUT2D eigenvalue weighted by Crippen LogP contribution is -2.05. The zero-order chi connectivity index (χ0) is 14.8. The number of carbonyl (C=O) groups is 1. The summed E-state index contributed by atoms with van der Waals surface area (Å²) >= 11 is 3.22. The third kappa shape index (κ3) is 3.34. The van der Waals surface area contributed by atoms with Crippen LogP contribution in [0, 0.1) is 0 Å². The van der Waals surface area contributed by atoms with Gasteiger partial charge in [-0.15, -0.1) is 11.3 Å². The summed E-state index contributed by atoms with van der Waals surface area (Å²) in [7, 11) is 0. The van der Waals surface area contributed by atoms with E-state index < -0.39 is 0 Å². The van der Waals surface area contributed by atoms with Crippen LogP contribution in [-0.2, 0) is 4.79 Å². The van der Waals surface area contributed by atoms with Crippen LogP contribution in [0.4, 0.5) is 11.4 Å². The fraction of sp³-hybridized carbons (Fsp3) is 0.0667. The van der Waals surface area contributed by atoms with Crippen molar-refractivity contribution in [3.05, 3.63) is 42.5 Å². The average Bonchev–Trinajstić information content (AvgIpc) is 2.82. The summed E-state index contributed by atoms with van der Waals surface area (Å²) in [5, 5.41) is 2.75. The number of anilines is 2. The fourth-order valence-corrected chi connectivity index (χ4v) is 3.96. The van der Waals surface area contributed by atoms with Gasteiger partial charge in [-0.2, -0.15) is 0 Å². The van der Waals surface area contributed by atoms with Gasteiger partial charge in [-0.3, -0.25) is 4.79 Å². The molecule has 21 heavy (non-hydrogen) atoms. The molecule has 0 atom stereocenters. The van der Waals surface area contributed by atoms with E-state index in [-0.39, 0.29) is 5.91 Å². The highest BCUT2D eigenvalue weighted by atomic mass is 32.2. The van der Waals surface area contributed by atoms with E-state index in [2.05, 4.69) is 10.3 Å². The van der Waals surface area contributed by atoms with Crippen LogP contribution in [-0.4, -0.2) is 10.9 Å². The molecule has 0 aliphatic carbocycles. The molecule has 0 aliphatic heterocycles. The van der Waals surface area contributed by atoms with Crippen molar-refractivity contribution >= 4 is 50.6 Å². The molecule has 0 aliphatic rings. The lowest BCUT2D eigenvalue weighted by Gasteiger charge is -2.02. The number of aromatic nitrogens is 1. The Kier molecular flexibility index (Phi) is 3.81. The minimum absolute atomic E-state index is 0.0702. The molecule has 6 heteroatoms. The summed E-state index contributed by atoms with van der Waals surface area (Å²) in [4.78, 5) is 16.6. The number of carbonyl (C=O) groups excluding carboxylic acids is 1. The monoisotopic (exact) mass is 315 g/mol. The molecule has 106 valence electrons. The molecule has 3 rings (SSSR count). The normalized spacial score (nSPS) is 10.7. The SMILES string of the molecule is CC(=O)Nc1ccc(Sc2nc3ccc(N)cc3s2)cc1. The summed E-state index contributed by atoms with van der Waals surface area (Å²) in [6.45, 7) is 1.50. The second kappa shape index (κ2) is 5.75. The lowest BCUT2D eigenvalue weighted by molar-refractivity contribution is -0.114. The van der Waals surface area contributed by atoms with Crippen molar-refractivity contribution in [3.8, 4) is 0 Å². The van der Waals surface area contributed by atoms with Crippen LogP contribution >= 0.6 is 23.1 Å². The molecular formula is C15H13N3OS2. The largest absolute Gasteiger partial charge is 0.399 e. The maximum Gasteiger partial charge on any atom is 0.221 e. The van der Waals surface area contributed by atoms with Gasteiger partial charge in [-0.1, -0.05) is 11.8 Å². The number of benzene rings is 2. The smallest absolute Gasteiger partial charge is 0.221 e. The van der Waals surface area contributed by atoms with Gasteiger partial charge in [0.25, 0.3) is 0 Å². The third-order valence-electron chi connectivity index (χ3n) is 2.77. The minimum atomic E-state index is -0.0702. The zero-order valence-electron chi connectivity index (χ0n) is 11.3. The van der Waals surface area contributed by atoms with Gasteiger partial charge in [0, 0.05) is 23.2 Å². The van der Waals surface area contributed by atoms with Gasteiger partial charge in [-0.25, -0.2) is 4.98 Å². The molecule has 0 saturated heterocycles. The molecule has 1 amide bonds. The van der Waals surface area contributed by atoms with Gasteiger partial charge >= 0.3 is 0 Å². The van der Waals surface area contributed by atoms with Crippen LogP contribution in [0.25, 0.3) is 10.2 Å². The molecule has 0 unspecified atom stereocenters. The van der Waals surface area contributed by atoms with Crippen molar-refractivity contribution in [2.75, 3.05) is 11.1 Å². The Bertz CT molecular complexity index is 796. The van der Waals surface area contributed by atoms with E-state index in [9.17, 15) is 4.79 Å². The van der Waals surface area contributed by atoms with Gasteiger partial charge < -0.3 is 11.1 Å². The second-order valence-electron chi connectivity index (χ2n) is 4.51. The Morgan fingerprint density at radius 2 is 2.00 bits per heavy atom. The second-order valence-corrected chi connectivity index (χ2v) is 6.87. The number of rotatable bonds is 3. The van der Waals surface area contributed by atoms with Crippen LogP contribution in [0.5, 0.6) is 0 Å². The van der Waals surface area contributed by atoms with Gasteiger partial charge in [0.2, 0.25) is 5.91 Å². The lowest BCUT2D eigenvalue weighted by atomic mass is 10.3. The van der Waals surface area contributed by atoms with Crippen molar-refractivity contribution in [3.63, 3.8) is 0 Å². The summed E-state index contributed by atoms with van der Waals surface area (Å²) in [5.74, 6) is -0.0702. The molecule has 1 aromatic heterocycles. The summed E-state index contributed by atoms with van der Waals surface area (Å²) in [6, 6.07) is 13.4. The Labute approximate surface area is 130 Å². The topological polar surface area (TPSA) is 68.0 Å². The van der Waals surface area contributed by atoms with Crippen LogP contribution in [0.1, 0.15) is 6.92 Å². The van der Waals surface area contributed by atoms with E-state index in [0.717, 1.165) is 30.8 Å². The summed E-state index contributed by atoms with van der Waals surface area (Å²) in [6.07, 6.45) is 0. The first kappa shape index (κ1) is 13.9. The minimum Gasteiger partial charge on any atom is -0.399 e. The number of nitrogens with zero attached hydrogens (tertiary/aromatic N) is 1. The van der Waals surface area contributed by atoms with E-state index in [4.69, 9.17) is 5.73 Å². The molecule has 2 aromatic carbocycles. The molecule has 3 aromatic rings. The predicted molar refractivity (Wildman–Crippen MR) is 88.9 cm³/mol. The molecule has 0 radical (unpaired) electrons. The molecule has 0 spiro atoms. The highest BCUT2D eigenvalue weighted by molar-refractivity contribution is 8.01. The Balaban J connectivity index is 1.79. The molecule has 0 saturated carbocycles. The number of thiazole rings is 1. The number of nitrogen functional groups attached to an aromatic ring is 1. The van der Waals surface area contributed by atoms with Crippen molar-refractivity contribution in [1.82, 2.24) is 4.98 Å². The van der Waals surface area contributed by atoms with E-state index in [1.807, 2.05) is 42.5 Å². The zero-order valence-corrected chi connectivity index (χ0v) is 12.9. The van der Waals surface area contributed by atoms with Crippen LogP contribution < -0.4 is 11.1 Å². The van der Waals surface area contributed by atoms with Crippen LogP contribution in [0.2, 0.25) is 0 Å². The average molecular weight is 315 g/mol. The van der Waals surface area contributed by atoms with Crippen LogP contribution in [0.3, 0.4) is 0 Å². The number of fused-ring (bicyclic) bond motifs is 1. The third-order valence-corrected chi connectivity index (χ3v) is 4.86.